The number of aliphatic hydroxyl groups is 1. The lowest BCUT2D eigenvalue weighted by atomic mass is 9.79. The SMILES string of the molecule is Cc1ccc(C(O)(CC2C[C@@H]3CC[C@@H](C2)[N+]3(C)C)c2ccc(C)s2)s1. The molecule has 0 aliphatic carbocycles. The van der Waals surface area contributed by atoms with Crippen molar-refractivity contribution in [3.8, 4) is 0 Å². The van der Waals surface area contributed by atoms with E-state index >= 15 is 0 Å². The van der Waals surface area contributed by atoms with E-state index in [1.165, 1.54) is 39.9 Å². The molecule has 25 heavy (non-hydrogen) atoms. The van der Waals surface area contributed by atoms with Crippen molar-refractivity contribution in [3.05, 3.63) is 43.8 Å². The average molecular weight is 377 g/mol. The summed E-state index contributed by atoms with van der Waals surface area (Å²) < 4.78 is 1.20. The largest absolute Gasteiger partial charge is 0.379 e. The maximum Gasteiger partial charge on any atom is 0.133 e. The van der Waals surface area contributed by atoms with Gasteiger partial charge in [0.05, 0.1) is 26.2 Å². The number of hydrogen-bond donors (Lipinski definition) is 1. The third-order valence-corrected chi connectivity index (χ3v) is 9.11. The van der Waals surface area contributed by atoms with Gasteiger partial charge < -0.3 is 9.59 Å². The molecule has 2 saturated heterocycles. The highest BCUT2D eigenvalue weighted by Crippen LogP contribution is 2.49. The number of quaternary nitrogens is 1. The van der Waals surface area contributed by atoms with Crippen LogP contribution in [-0.4, -0.2) is 35.8 Å². The molecule has 0 amide bonds. The smallest absolute Gasteiger partial charge is 0.133 e. The van der Waals surface area contributed by atoms with Gasteiger partial charge in [0, 0.05) is 45.2 Å². The second kappa shape index (κ2) is 6.19. The van der Waals surface area contributed by atoms with Crippen LogP contribution in [0.1, 0.15) is 51.6 Å². The molecule has 4 heteroatoms. The van der Waals surface area contributed by atoms with Crippen LogP contribution in [0.2, 0.25) is 0 Å². The first kappa shape index (κ1) is 17.7. The molecule has 2 bridgehead atoms. The van der Waals surface area contributed by atoms with Crippen LogP contribution in [0.15, 0.2) is 24.3 Å². The zero-order valence-electron chi connectivity index (χ0n) is 15.8. The van der Waals surface area contributed by atoms with E-state index in [0.717, 1.165) is 28.3 Å². The number of fused-ring (bicyclic) bond motifs is 2. The van der Waals surface area contributed by atoms with Crippen molar-refractivity contribution < 1.29 is 9.59 Å². The lowest BCUT2D eigenvalue weighted by molar-refractivity contribution is -0.931. The second-order valence-corrected chi connectivity index (χ2v) is 11.3. The molecule has 0 saturated carbocycles. The summed E-state index contributed by atoms with van der Waals surface area (Å²) in [6.45, 7) is 4.27. The molecular weight excluding hydrogens is 346 g/mol. The number of hydrogen-bond acceptors (Lipinski definition) is 3. The molecule has 2 aromatic heterocycles. The van der Waals surface area contributed by atoms with Gasteiger partial charge in [-0.25, -0.2) is 0 Å². The maximum absolute atomic E-state index is 11.9. The lowest BCUT2D eigenvalue weighted by Crippen LogP contribution is -2.55. The fraction of sp³-hybridized carbons (Fsp3) is 0.619. The molecular formula is C21H30NOS2+. The monoisotopic (exact) mass is 376 g/mol. The van der Waals surface area contributed by atoms with E-state index in [1.54, 1.807) is 22.7 Å². The van der Waals surface area contributed by atoms with Gasteiger partial charge in [0.1, 0.15) is 5.60 Å². The molecule has 4 heterocycles. The third-order valence-electron chi connectivity index (χ3n) is 6.81. The van der Waals surface area contributed by atoms with Gasteiger partial charge in [-0.2, -0.15) is 0 Å². The van der Waals surface area contributed by atoms with Crippen molar-refractivity contribution in [1.29, 1.82) is 0 Å². The molecule has 136 valence electrons. The van der Waals surface area contributed by atoms with Crippen LogP contribution in [0.5, 0.6) is 0 Å². The van der Waals surface area contributed by atoms with E-state index < -0.39 is 5.60 Å². The van der Waals surface area contributed by atoms with Gasteiger partial charge >= 0.3 is 0 Å². The quantitative estimate of drug-likeness (QED) is 0.739. The van der Waals surface area contributed by atoms with Crippen molar-refractivity contribution in [3.63, 3.8) is 0 Å². The maximum atomic E-state index is 11.9. The minimum Gasteiger partial charge on any atom is -0.379 e. The molecule has 2 aliphatic rings. The van der Waals surface area contributed by atoms with Crippen molar-refractivity contribution in [1.82, 2.24) is 0 Å². The number of thiophene rings is 2. The number of rotatable bonds is 4. The highest BCUT2D eigenvalue weighted by atomic mass is 32.1. The van der Waals surface area contributed by atoms with Crippen LogP contribution in [0.3, 0.4) is 0 Å². The van der Waals surface area contributed by atoms with E-state index in [2.05, 4.69) is 52.2 Å². The third kappa shape index (κ3) is 3.01. The normalized spacial score (nSPS) is 28.4. The van der Waals surface area contributed by atoms with E-state index in [9.17, 15) is 5.11 Å². The minimum absolute atomic E-state index is 0.624. The van der Waals surface area contributed by atoms with Crippen LogP contribution in [0, 0.1) is 19.8 Å². The Morgan fingerprint density at radius 3 is 1.84 bits per heavy atom. The van der Waals surface area contributed by atoms with Gasteiger partial charge in [-0.1, -0.05) is 0 Å². The standard InChI is InChI=1S/C21H30NOS2/c1-14-5-9-19(24-14)21(23,20-10-6-15(2)25-20)13-16-11-17-7-8-18(12-16)22(17,3)4/h5-6,9-10,16-18,23H,7-8,11-13H2,1-4H3/q+1/t17-,18-/m0/s1. The molecule has 2 nitrogen and oxygen atoms in total. The summed E-state index contributed by atoms with van der Waals surface area (Å²) in [5.74, 6) is 0.624. The zero-order chi connectivity index (χ0) is 17.8. The topological polar surface area (TPSA) is 20.2 Å². The van der Waals surface area contributed by atoms with Gasteiger partial charge in [-0.05, 0) is 50.5 Å². The van der Waals surface area contributed by atoms with Crippen LogP contribution >= 0.6 is 22.7 Å². The van der Waals surface area contributed by atoms with Gasteiger partial charge in [0.2, 0.25) is 0 Å². The Morgan fingerprint density at radius 2 is 1.44 bits per heavy atom. The fourth-order valence-corrected chi connectivity index (χ4v) is 7.24. The molecule has 1 N–H and O–H groups in total. The Balaban J connectivity index is 1.64. The van der Waals surface area contributed by atoms with Crippen molar-refractivity contribution in [2.24, 2.45) is 5.92 Å². The number of piperidine rings is 1. The van der Waals surface area contributed by atoms with Gasteiger partial charge in [0.25, 0.3) is 0 Å². The molecule has 2 atom stereocenters. The first-order valence-electron chi connectivity index (χ1n) is 9.48. The summed E-state index contributed by atoms with van der Waals surface area (Å²) in [4.78, 5) is 4.81. The number of nitrogens with zero attached hydrogens (tertiary/aromatic N) is 1. The number of aryl methyl sites for hydroxylation is 2. The van der Waals surface area contributed by atoms with Crippen LogP contribution in [0.4, 0.5) is 0 Å². The summed E-state index contributed by atoms with van der Waals surface area (Å²) in [7, 11) is 4.83. The summed E-state index contributed by atoms with van der Waals surface area (Å²) in [5, 5.41) is 11.9. The van der Waals surface area contributed by atoms with Gasteiger partial charge in [-0.3, -0.25) is 0 Å². The highest BCUT2D eigenvalue weighted by molar-refractivity contribution is 7.13. The minimum atomic E-state index is -0.809. The van der Waals surface area contributed by atoms with Crippen molar-refractivity contribution >= 4 is 22.7 Å². The van der Waals surface area contributed by atoms with Crippen LogP contribution in [0.25, 0.3) is 0 Å². The summed E-state index contributed by atoms with van der Waals surface area (Å²) in [5.41, 5.74) is -0.809. The van der Waals surface area contributed by atoms with Gasteiger partial charge in [0.15, 0.2) is 0 Å². The van der Waals surface area contributed by atoms with Crippen molar-refractivity contribution in [2.45, 2.75) is 63.6 Å². The van der Waals surface area contributed by atoms with E-state index in [-0.39, 0.29) is 0 Å². The predicted octanol–water partition coefficient (Wildman–Crippen LogP) is 5.07. The van der Waals surface area contributed by atoms with E-state index in [1.807, 2.05) is 0 Å². The summed E-state index contributed by atoms with van der Waals surface area (Å²) in [6, 6.07) is 10.1. The zero-order valence-corrected chi connectivity index (χ0v) is 17.4. The Kier molecular flexibility index (Phi) is 4.39. The molecule has 2 aliphatic heterocycles. The van der Waals surface area contributed by atoms with Crippen molar-refractivity contribution in [2.75, 3.05) is 14.1 Å². The highest BCUT2D eigenvalue weighted by Gasteiger charge is 2.50. The first-order valence-corrected chi connectivity index (χ1v) is 11.1. The van der Waals surface area contributed by atoms with Crippen LogP contribution < -0.4 is 0 Å². The second-order valence-electron chi connectivity index (χ2n) is 8.74. The summed E-state index contributed by atoms with van der Waals surface area (Å²) in [6.07, 6.45) is 6.13. The molecule has 2 aromatic rings. The van der Waals surface area contributed by atoms with E-state index in [0.29, 0.717) is 5.92 Å². The lowest BCUT2D eigenvalue weighted by Gasteiger charge is -2.45. The summed E-state index contributed by atoms with van der Waals surface area (Å²) >= 11 is 3.51. The first-order chi connectivity index (χ1) is 11.8. The Morgan fingerprint density at radius 1 is 0.960 bits per heavy atom. The van der Waals surface area contributed by atoms with E-state index in [4.69, 9.17) is 0 Å². The molecule has 4 rings (SSSR count). The molecule has 2 fully saturated rings. The Labute approximate surface area is 159 Å². The van der Waals surface area contributed by atoms with Gasteiger partial charge in [-0.15, -0.1) is 22.7 Å². The fourth-order valence-electron chi connectivity index (χ4n) is 5.21. The Hall–Kier alpha value is -0.680. The Bertz CT molecular complexity index is 703. The molecule has 0 unspecified atom stereocenters. The average Bonchev–Trinajstić information content (AvgIpc) is 3.18. The predicted molar refractivity (Wildman–Crippen MR) is 107 cm³/mol. The van der Waals surface area contributed by atoms with Crippen LogP contribution in [-0.2, 0) is 5.60 Å². The molecule has 0 spiro atoms. The molecule has 0 aromatic carbocycles. The molecule has 0 radical (unpaired) electrons.